The van der Waals surface area contributed by atoms with Crippen molar-refractivity contribution in [1.82, 2.24) is 5.32 Å². The molecule has 0 fully saturated rings. The van der Waals surface area contributed by atoms with Gasteiger partial charge in [-0.15, -0.1) is 0 Å². The highest BCUT2D eigenvalue weighted by molar-refractivity contribution is 8.03. The topological polar surface area (TPSA) is 82.0 Å². The van der Waals surface area contributed by atoms with Crippen LogP contribution in [0.15, 0.2) is 59.1 Å². The second-order valence-electron chi connectivity index (χ2n) is 6.36. The molecule has 1 aliphatic heterocycles. The molecule has 5 nitrogen and oxygen atoms in total. The van der Waals surface area contributed by atoms with Gasteiger partial charge in [-0.1, -0.05) is 53.7 Å². The summed E-state index contributed by atoms with van der Waals surface area (Å²) < 4.78 is 0. The third kappa shape index (κ3) is 4.75. The predicted octanol–water partition coefficient (Wildman–Crippen LogP) is 4.36. The molecule has 3 rings (SSSR count). The number of nitrogens with zero attached hydrogens (tertiary/aromatic N) is 1. The number of thioether (sulfide) groups is 1. The SMILES string of the molecule is Cc1ccccc1NC(=O)CSC1=C(C#N)[C@H](c2ccc(Cl)cc2)CC(=O)N1. The highest BCUT2D eigenvalue weighted by atomic mass is 35.5. The Morgan fingerprint density at radius 2 is 2.00 bits per heavy atom. The number of carbonyl (C=O) groups is 2. The Bertz CT molecular complexity index is 980. The summed E-state index contributed by atoms with van der Waals surface area (Å²) in [6, 6.07) is 16.8. The van der Waals surface area contributed by atoms with Crippen molar-refractivity contribution in [2.75, 3.05) is 11.1 Å². The number of anilines is 1. The van der Waals surface area contributed by atoms with Gasteiger partial charge < -0.3 is 10.6 Å². The van der Waals surface area contributed by atoms with Gasteiger partial charge in [0.15, 0.2) is 0 Å². The Morgan fingerprint density at radius 3 is 2.68 bits per heavy atom. The Morgan fingerprint density at radius 1 is 1.29 bits per heavy atom. The summed E-state index contributed by atoms with van der Waals surface area (Å²) in [5.41, 5.74) is 3.01. The molecule has 7 heteroatoms. The van der Waals surface area contributed by atoms with Crippen LogP contribution in [0.1, 0.15) is 23.5 Å². The molecule has 1 atom stereocenters. The van der Waals surface area contributed by atoms with Gasteiger partial charge in [-0.05, 0) is 36.2 Å². The quantitative estimate of drug-likeness (QED) is 0.765. The highest BCUT2D eigenvalue weighted by Gasteiger charge is 2.29. The van der Waals surface area contributed by atoms with Crippen molar-refractivity contribution in [3.05, 3.63) is 75.3 Å². The second-order valence-corrected chi connectivity index (χ2v) is 7.78. The molecule has 0 aromatic heterocycles. The van der Waals surface area contributed by atoms with Crippen molar-refractivity contribution in [3.8, 4) is 6.07 Å². The molecule has 2 aromatic carbocycles. The van der Waals surface area contributed by atoms with E-state index >= 15 is 0 Å². The zero-order valence-corrected chi connectivity index (χ0v) is 16.7. The standard InChI is InChI=1S/C21H18ClN3O2S/c1-13-4-2-3-5-18(13)24-20(27)12-28-21-17(11-23)16(10-19(26)25-21)14-6-8-15(22)9-7-14/h2-9,16H,10,12H2,1H3,(H,24,27)(H,25,26)/t16-/m0/s1. The van der Waals surface area contributed by atoms with Crippen LogP contribution >= 0.6 is 23.4 Å². The van der Waals surface area contributed by atoms with E-state index in [1.165, 1.54) is 0 Å². The van der Waals surface area contributed by atoms with E-state index < -0.39 is 0 Å². The van der Waals surface area contributed by atoms with Gasteiger partial charge in [-0.25, -0.2) is 0 Å². The van der Waals surface area contributed by atoms with E-state index in [1.54, 1.807) is 12.1 Å². The van der Waals surface area contributed by atoms with Gasteiger partial charge in [-0.3, -0.25) is 9.59 Å². The molecule has 0 saturated heterocycles. The number of rotatable bonds is 5. The first-order chi connectivity index (χ1) is 13.5. The first kappa shape index (κ1) is 20.0. The maximum atomic E-state index is 12.3. The molecule has 28 heavy (non-hydrogen) atoms. The lowest BCUT2D eigenvalue weighted by Gasteiger charge is -2.25. The Hall–Kier alpha value is -2.75. The zero-order valence-electron chi connectivity index (χ0n) is 15.2. The van der Waals surface area contributed by atoms with Gasteiger partial charge in [0.1, 0.15) is 0 Å². The maximum Gasteiger partial charge on any atom is 0.234 e. The monoisotopic (exact) mass is 411 g/mol. The van der Waals surface area contributed by atoms with Crippen molar-refractivity contribution in [2.24, 2.45) is 0 Å². The number of hydrogen-bond acceptors (Lipinski definition) is 4. The van der Waals surface area contributed by atoms with Crippen molar-refractivity contribution in [2.45, 2.75) is 19.3 Å². The highest BCUT2D eigenvalue weighted by Crippen LogP contribution is 2.36. The summed E-state index contributed by atoms with van der Waals surface area (Å²) in [6.45, 7) is 1.91. The Labute approximate surface area is 172 Å². The summed E-state index contributed by atoms with van der Waals surface area (Å²) in [6.07, 6.45) is 0.185. The number of hydrogen-bond donors (Lipinski definition) is 2. The predicted molar refractivity (Wildman–Crippen MR) is 112 cm³/mol. The fraction of sp³-hybridized carbons (Fsp3) is 0.190. The van der Waals surface area contributed by atoms with E-state index in [4.69, 9.17) is 11.6 Å². The molecule has 0 saturated carbocycles. The molecule has 2 amide bonds. The molecule has 0 unspecified atom stereocenters. The van der Waals surface area contributed by atoms with Gasteiger partial charge in [0.25, 0.3) is 0 Å². The fourth-order valence-corrected chi connectivity index (χ4v) is 3.95. The van der Waals surface area contributed by atoms with Crippen LogP contribution in [0.5, 0.6) is 0 Å². The van der Waals surface area contributed by atoms with Crippen LogP contribution in [-0.4, -0.2) is 17.6 Å². The van der Waals surface area contributed by atoms with Gasteiger partial charge in [0.05, 0.1) is 22.4 Å². The number of para-hydroxylation sites is 1. The number of aryl methyl sites for hydroxylation is 1. The Balaban J connectivity index is 1.76. The van der Waals surface area contributed by atoms with Crippen LogP contribution in [0.3, 0.4) is 0 Å². The first-order valence-corrected chi connectivity index (χ1v) is 10.0. The average Bonchev–Trinajstić information content (AvgIpc) is 2.68. The van der Waals surface area contributed by atoms with Crippen molar-refractivity contribution in [3.63, 3.8) is 0 Å². The summed E-state index contributed by atoms with van der Waals surface area (Å²) in [7, 11) is 0. The summed E-state index contributed by atoms with van der Waals surface area (Å²) >= 11 is 7.09. The minimum atomic E-state index is -0.349. The minimum Gasteiger partial charge on any atom is -0.325 e. The van der Waals surface area contributed by atoms with E-state index in [0.29, 0.717) is 15.6 Å². The zero-order chi connectivity index (χ0) is 20.1. The van der Waals surface area contributed by atoms with Crippen LogP contribution in [0.2, 0.25) is 5.02 Å². The van der Waals surface area contributed by atoms with Crippen LogP contribution in [0.25, 0.3) is 0 Å². The van der Waals surface area contributed by atoms with Crippen LogP contribution in [0.4, 0.5) is 5.69 Å². The number of allylic oxidation sites excluding steroid dienone is 1. The van der Waals surface area contributed by atoms with E-state index in [2.05, 4.69) is 16.7 Å². The number of halogens is 1. The second kappa shape index (κ2) is 8.96. The van der Waals surface area contributed by atoms with Gasteiger partial charge >= 0.3 is 0 Å². The van der Waals surface area contributed by atoms with Crippen molar-refractivity contribution in [1.29, 1.82) is 5.26 Å². The third-order valence-electron chi connectivity index (χ3n) is 4.40. The molecular weight excluding hydrogens is 394 g/mol. The molecule has 2 aromatic rings. The van der Waals surface area contributed by atoms with Gasteiger partial charge in [0.2, 0.25) is 11.8 Å². The number of carbonyl (C=O) groups excluding carboxylic acids is 2. The van der Waals surface area contributed by atoms with Crippen LogP contribution in [-0.2, 0) is 9.59 Å². The molecule has 142 valence electrons. The molecule has 1 heterocycles. The molecular formula is C21H18ClN3O2S. The number of nitriles is 1. The van der Waals surface area contributed by atoms with E-state index in [-0.39, 0.29) is 29.9 Å². The molecule has 2 N–H and O–H groups in total. The molecule has 0 radical (unpaired) electrons. The summed E-state index contributed by atoms with van der Waals surface area (Å²) in [5, 5.41) is 16.3. The third-order valence-corrected chi connectivity index (χ3v) is 5.66. The number of nitrogens with one attached hydrogen (secondary N) is 2. The fourth-order valence-electron chi connectivity index (χ4n) is 2.95. The lowest BCUT2D eigenvalue weighted by Crippen LogP contribution is -2.31. The smallest absolute Gasteiger partial charge is 0.234 e. The number of benzene rings is 2. The Kier molecular flexibility index (Phi) is 6.40. The molecule has 0 bridgehead atoms. The van der Waals surface area contributed by atoms with Gasteiger partial charge in [0, 0.05) is 23.0 Å². The summed E-state index contributed by atoms with van der Waals surface area (Å²) in [4.78, 5) is 24.5. The largest absolute Gasteiger partial charge is 0.325 e. The first-order valence-electron chi connectivity index (χ1n) is 8.66. The molecule has 0 spiro atoms. The van der Waals surface area contributed by atoms with E-state index in [0.717, 1.165) is 28.6 Å². The maximum absolute atomic E-state index is 12.3. The molecule has 1 aliphatic rings. The number of amides is 2. The minimum absolute atomic E-state index is 0.0858. The average molecular weight is 412 g/mol. The lowest BCUT2D eigenvalue weighted by atomic mass is 9.87. The molecule has 0 aliphatic carbocycles. The van der Waals surface area contributed by atoms with E-state index in [1.807, 2.05) is 43.3 Å². The van der Waals surface area contributed by atoms with Crippen molar-refractivity contribution < 1.29 is 9.59 Å². The van der Waals surface area contributed by atoms with Crippen LogP contribution < -0.4 is 10.6 Å². The lowest BCUT2D eigenvalue weighted by molar-refractivity contribution is -0.121. The van der Waals surface area contributed by atoms with E-state index in [9.17, 15) is 14.9 Å². The normalized spacial score (nSPS) is 16.3. The summed E-state index contributed by atoms with van der Waals surface area (Å²) in [5.74, 6) is -0.645. The van der Waals surface area contributed by atoms with Crippen molar-refractivity contribution >= 4 is 40.9 Å². The van der Waals surface area contributed by atoms with Gasteiger partial charge in [-0.2, -0.15) is 5.26 Å². The van der Waals surface area contributed by atoms with Crippen LogP contribution in [0, 0.1) is 18.3 Å².